The normalized spacial score (nSPS) is 21.5. The number of aromatic nitrogens is 2. The highest BCUT2D eigenvalue weighted by Gasteiger charge is 2.26. The van der Waals surface area contributed by atoms with Crippen molar-refractivity contribution in [2.45, 2.75) is 44.5 Å². The zero-order chi connectivity index (χ0) is 13.5. The van der Waals surface area contributed by atoms with Gasteiger partial charge in [-0.3, -0.25) is 4.68 Å². The fourth-order valence-corrected chi connectivity index (χ4v) is 5.22. The summed E-state index contributed by atoms with van der Waals surface area (Å²) in [4.78, 5) is 0. The van der Waals surface area contributed by atoms with Crippen LogP contribution in [0.25, 0.3) is 0 Å². The maximum atomic E-state index is 4.49. The standard InChI is InChI=1S/C14H25N3S2/c1-3-5-15-14(13-11-18-7-8-19-13)12-9-16-17(10-12)6-4-2/h9-10,13-15H,3-8,11H2,1-2H3. The summed E-state index contributed by atoms with van der Waals surface area (Å²) in [6.45, 7) is 6.54. The molecule has 2 unspecified atom stereocenters. The fraction of sp³-hybridized carbons (Fsp3) is 0.786. The van der Waals surface area contributed by atoms with Crippen LogP contribution in [0, 0.1) is 0 Å². The number of rotatable bonds is 7. The Balaban J connectivity index is 2.05. The lowest BCUT2D eigenvalue weighted by molar-refractivity contribution is 0.528. The summed E-state index contributed by atoms with van der Waals surface area (Å²) in [5, 5.41) is 8.90. The van der Waals surface area contributed by atoms with E-state index in [1.54, 1.807) is 0 Å². The summed E-state index contributed by atoms with van der Waals surface area (Å²) in [5.41, 5.74) is 1.36. The molecule has 0 aliphatic carbocycles. The molecule has 0 spiro atoms. The van der Waals surface area contributed by atoms with Crippen molar-refractivity contribution < 1.29 is 0 Å². The molecule has 1 aliphatic heterocycles. The molecule has 1 N–H and O–H groups in total. The molecule has 0 saturated carbocycles. The molecule has 2 heterocycles. The van der Waals surface area contributed by atoms with Crippen LogP contribution < -0.4 is 5.32 Å². The SMILES string of the molecule is CCCNC(c1cnn(CCC)c1)C1CSCCS1. The molecule has 0 amide bonds. The first-order valence-corrected chi connectivity index (χ1v) is 9.50. The second kappa shape index (κ2) is 8.22. The molecule has 0 radical (unpaired) electrons. The molecule has 0 bridgehead atoms. The monoisotopic (exact) mass is 299 g/mol. The molecule has 1 aromatic heterocycles. The average molecular weight is 300 g/mol. The van der Waals surface area contributed by atoms with Crippen LogP contribution in [0.1, 0.15) is 38.3 Å². The van der Waals surface area contributed by atoms with Gasteiger partial charge in [0, 0.05) is 46.9 Å². The highest BCUT2D eigenvalue weighted by Crippen LogP contribution is 2.33. The van der Waals surface area contributed by atoms with E-state index in [1.165, 1.54) is 29.2 Å². The van der Waals surface area contributed by atoms with Gasteiger partial charge in [-0.2, -0.15) is 28.6 Å². The van der Waals surface area contributed by atoms with Gasteiger partial charge < -0.3 is 5.32 Å². The van der Waals surface area contributed by atoms with Gasteiger partial charge in [0.25, 0.3) is 0 Å². The molecule has 5 heteroatoms. The summed E-state index contributed by atoms with van der Waals surface area (Å²) in [7, 11) is 0. The Kier molecular flexibility index (Phi) is 6.61. The minimum Gasteiger partial charge on any atom is -0.309 e. The summed E-state index contributed by atoms with van der Waals surface area (Å²) in [6, 6.07) is 0.461. The molecule has 19 heavy (non-hydrogen) atoms. The lowest BCUT2D eigenvalue weighted by atomic mass is 10.1. The number of nitrogens with zero attached hydrogens (tertiary/aromatic N) is 2. The molecule has 1 fully saturated rings. The average Bonchev–Trinajstić information content (AvgIpc) is 2.89. The lowest BCUT2D eigenvalue weighted by Crippen LogP contribution is -2.34. The van der Waals surface area contributed by atoms with Crippen molar-refractivity contribution in [3.63, 3.8) is 0 Å². The van der Waals surface area contributed by atoms with Crippen LogP contribution in [0.2, 0.25) is 0 Å². The van der Waals surface area contributed by atoms with E-state index >= 15 is 0 Å². The van der Waals surface area contributed by atoms with E-state index in [0.29, 0.717) is 11.3 Å². The van der Waals surface area contributed by atoms with Crippen molar-refractivity contribution in [2.24, 2.45) is 0 Å². The van der Waals surface area contributed by atoms with Gasteiger partial charge in [-0.1, -0.05) is 13.8 Å². The first kappa shape index (κ1) is 15.3. The van der Waals surface area contributed by atoms with E-state index < -0.39 is 0 Å². The third-order valence-electron chi connectivity index (χ3n) is 3.29. The number of aryl methyl sites for hydroxylation is 1. The van der Waals surface area contributed by atoms with E-state index in [9.17, 15) is 0 Å². The molecule has 1 saturated heterocycles. The van der Waals surface area contributed by atoms with Crippen LogP contribution in [0.4, 0.5) is 0 Å². The third-order valence-corrected chi connectivity index (χ3v) is 6.16. The largest absolute Gasteiger partial charge is 0.309 e. The zero-order valence-corrected chi connectivity index (χ0v) is 13.6. The second-order valence-electron chi connectivity index (χ2n) is 4.95. The van der Waals surface area contributed by atoms with Crippen LogP contribution in [0.15, 0.2) is 12.4 Å². The number of thioether (sulfide) groups is 2. The molecule has 0 aromatic carbocycles. The van der Waals surface area contributed by atoms with Crippen molar-refractivity contribution >= 4 is 23.5 Å². The minimum atomic E-state index is 0.461. The molecular weight excluding hydrogens is 274 g/mol. The smallest absolute Gasteiger partial charge is 0.0538 e. The second-order valence-corrected chi connectivity index (χ2v) is 7.45. The van der Waals surface area contributed by atoms with Gasteiger partial charge in [-0.15, -0.1) is 0 Å². The molecule has 2 rings (SSSR count). The predicted octanol–water partition coefficient (Wildman–Crippen LogP) is 3.18. The van der Waals surface area contributed by atoms with Gasteiger partial charge in [0.1, 0.15) is 0 Å². The number of hydrogen-bond acceptors (Lipinski definition) is 4. The van der Waals surface area contributed by atoms with E-state index in [2.05, 4.69) is 64.9 Å². The van der Waals surface area contributed by atoms with Gasteiger partial charge in [-0.25, -0.2) is 0 Å². The Morgan fingerprint density at radius 3 is 3.00 bits per heavy atom. The fourth-order valence-electron chi connectivity index (χ4n) is 2.35. The molecular formula is C14H25N3S2. The van der Waals surface area contributed by atoms with E-state index in [4.69, 9.17) is 0 Å². The zero-order valence-electron chi connectivity index (χ0n) is 12.0. The Morgan fingerprint density at radius 2 is 2.32 bits per heavy atom. The van der Waals surface area contributed by atoms with Crippen LogP contribution in [0.5, 0.6) is 0 Å². The van der Waals surface area contributed by atoms with Gasteiger partial charge in [0.2, 0.25) is 0 Å². The van der Waals surface area contributed by atoms with E-state index in [1.807, 2.05) is 0 Å². The Labute approximate surface area is 125 Å². The van der Waals surface area contributed by atoms with Crippen LogP contribution >= 0.6 is 23.5 Å². The third kappa shape index (κ3) is 4.43. The topological polar surface area (TPSA) is 29.9 Å². The Bertz CT molecular complexity index is 361. The summed E-state index contributed by atoms with van der Waals surface area (Å²) >= 11 is 4.21. The van der Waals surface area contributed by atoms with Gasteiger partial charge in [-0.05, 0) is 19.4 Å². The van der Waals surface area contributed by atoms with Crippen molar-refractivity contribution in [3.8, 4) is 0 Å². The lowest BCUT2D eigenvalue weighted by Gasteiger charge is -2.29. The van der Waals surface area contributed by atoms with Crippen molar-refractivity contribution in [1.82, 2.24) is 15.1 Å². The molecule has 1 aromatic rings. The Morgan fingerprint density at radius 1 is 1.42 bits per heavy atom. The van der Waals surface area contributed by atoms with Crippen molar-refractivity contribution in [1.29, 1.82) is 0 Å². The maximum absolute atomic E-state index is 4.49. The van der Waals surface area contributed by atoms with Gasteiger partial charge in [0.05, 0.1) is 6.20 Å². The first-order chi connectivity index (χ1) is 9.35. The molecule has 108 valence electrons. The van der Waals surface area contributed by atoms with Crippen LogP contribution in [0.3, 0.4) is 0 Å². The van der Waals surface area contributed by atoms with Crippen LogP contribution in [-0.2, 0) is 6.54 Å². The highest BCUT2D eigenvalue weighted by molar-refractivity contribution is 8.06. The molecule has 2 atom stereocenters. The quantitative estimate of drug-likeness (QED) is 0.837. The van der Waals surface area contributed by atoms with E-state index in [0.717, 1.165) is 19.5 Å². The maximum Gasteiger partial charge on any atom is 0.0538 e. The summed E-state index contributed by atoms with van der Waals surface area (Å²) in [5.74, 6) is 3.84. The molecule has 3 nitrogen and oxygen atoms in total. The summed E-state index contributed by atoms with van der Waals surface area (Å²) < 4.78 is 2.08. The first-order valence-electron chi connectivity index (χ1n) is 7.30. The van der Waals surface area contributed by atoms with Crippen LogP contribution in [-0.4, -0.2) is 38.8 Å². The van der Waals surface area contributed by atoms with Crippen molar-refractivity contribution in [3.05, 3.63) is 18.0 Å². The van der Waals surface area contributed by atoms with E-state index in [-0.39, 0.29) is 0 Å². The Hall–Kier alpha value is -0.130. The minimum absolute atomic E-state index is 0.461. The summed E-state index contributed by atoms with van der Waals surface area (Å²) in [6.07, 6.45) is 6.62. The highest BCUT2D eigenvalue weighted by atomic mass is 32.2. The number of hydrogen-bond donors (Lipinski definition) is 1. The predicted molar refractivity (Wildman–Crippen MR) is 87.1 cm³/mol. The number of nitrogens with one attached hydrogen (secondary N) is 1. The van der Waals surface area contributed by atoms with Gasteiger partial charge >= 0.3 is 0 Å². The molecule has 1 aliphatic rings. The van der Waals surface area contributed by atoms with Gasteiger partial charge in [0.15, 0.2) is 0 Å². The van der Waals surface area contributed by atoms with Crippen molar-refractivity contribution in [2.75, 3.05) is 23.8 Å².